The summed E-state index contributed by atoms with van der Waals surface area (Å²) in [6.45, 7) is 0. The van der Waals surface area contributed by atoms with Gasteiger partial charge in [0.25, 0.3) is 0 Å². The van der Waals surface area contributed by atoms with E-state index < -0.39 is 15.4 Å². The zero-order valence-electron chi connectivity index (χ0n) is 39.8. The number of benzene rings is 11. The van der Waals surface area contributed by atoms with Gasteiger partial charge in [-0.15, -0.1) is 22.7 Å². The minimum atomic E-state index is -2.26. The van der Waals surface area contributed by atoms with E-state index in [1.54, 1.807) is 0 Å². The minimum absolute atomic E-state index is 0.130. The molecule has 0 saturated carbocycles. The lowest BCUT2D eigenvalue weighted by molar-refractivity contribution is 0.719. The highest BCUT2D eigenvalue weighted by Gasteiger charge is 2.56. The van der Waals surface area contributed by atoms with Crippen molar-refractivity contribution in [2.75, 3.05) is 14.7 Å². The molecule has 0 aliphatic carbocycles. The van der Waals surface area contributed by atoms with Crippen LogP contribution in [0.5, 0.6) is 0 Å². The highest BCUT2D eigenvalue weighted by molar-refractivity contribution is 8.34. The zero-order valence-corrected chi connectivity index (χ0v) is 41.5. The molecule has 0 amide bonds. The number of hydrogen-bond donors (Lipinski definition) is 1. The van der Waals surface area contributed by atoms with Crippen molar-refractivity contribution in [2.45, 2.75) is 35.8 Å². The third kappa shape index (κ3) is 5.69. The molecule has 4 aliphatic heterocycles. The SMILES string of the molecule is Sc1cccc2c1N1c3c(C4c5ccccc5N(c5ccccc5)c5ccccc54)cccc3C(c3ccccc3)(c3ccccc3)c3cccc(c31)S21c2ccccc2N(c2ccccc2)c2ccccc21. The Kier molecular flexibility index (Phi) is 9.41. The third-order valence-corrected chi connectivity index (χ3v) is 20.1. The highest BCUT2D eigenvalue weighted by atomic mass is 32.3. The molecule has 0 saturated heterocycles. The van der Waals surface area contributed by atoms with Crippen LogP contribution in [0.2, 0.25) is 0 Å². The van der Waals surface area contributed by atoms with Gasteiger partial charge in [-0.1, -0.05) is 194 Å². The van der Waals surface area contributed by atoms with E-state index in [-0.39, 0.29) is 5.92 Å². The van der Waals surface area contributed by atoms with Crippen molar-refractivity contribution < 1.29 is 0 Å². The van der Waals surface area contributed by atoms with E-state index in [2.05, 4.69) is 288 Å². The lowest BCUT2D eigenvalue weighted by atomic mass is 9.61. The molecule has 3 nitrogen and oxygen atoms in total. The van der Waals surface area contributed by atoms with E-state index >= 15 is 0 Å². The molecular weight excluding hydrogens is 923 g/mol. The Morgan fingerprint density at radius 2 is 0.685 bits per heavy atom. The summed E-state index contributed by atoms with van der Waals surface area (Å²) in [6.07, 6.45) is 0. The topological polar surface area (TPSA) is 9.72 Å². The molecule has 1 spiro atoms. The Bertz CT molecular complexity index is 3820. The fraction of sp³-hybridized carbons (Fsp3) is 0.0294. The normalized spacial score (nSPS) is 15.4. The van der Waals surface area contributed by atoms with E-state index in [0.717, 1.165) is 22.0 Å². The molecule has 0 radical (unpaired) electrons. The second-order valence-corrected chi connectivity index (χ2v) is 22.7. The van der Waals surface area contributed by atoms with Crippen LogP contribution in [0.15, 0.2) is 297 Å². The Balaban J connectivity index is 1.12. The van der Waals surface area contributed by atoms with E-state index in [0.29, 0.717) is 0 Å². The molecule has 4 heterocycles. The van der Waals surface area contributed by atoms with Crippen molar-refractivity contribution in [3.05, 3.63) is 312 Å². The van der Waals surface area contributed by atoms with E-state index in [4.69, 9.17) is 12.6 Å². The van der Waals surface area contributed by atoms with E-state index in [9.17, 15) is 0 Å². The number of rotatable bonds is 5. The lowest BCUT2D eigenvalue weighted by Crippen LogP contribution is -2.40. The van der Waals surface area contributed by atoms with Crippen LogP contribution in [0.3, 0.4) is 0 Å². The summed E-state index contributed by atoms with van der Waals surface area (Å²) in [7, 11) is -2.26. The monoisotopic (exact) mass is 969 g/mol. The molecular formula is C68H47N3S2. The van der Waals surface area contributed by atoms with Crippen molar-refractivity contribution in [3.63, 3.8) is 0 Å². The predicted molar refractivity (Wildman–Crippen MR) is 304 cm³/mol. The number of anilines is 9. The van der Waals surface area contributed by atoms with Crippen LogP contribution >= 0.6 is 22.7 Å². The van der Waals surface area contributed by atoms with Crippen molar-refractivity contribution in [1.82, 2.24) is 0 Å². The van der Waals surface area contributed by atoms with Gasteiger partial charge in [0, 0.05) is 41.8 Å². The first-order valence-corrected chi connectivity index (χ1v) is 27.2. The molecule has 0 fully saturated rings. The van der Waals surface area contributed by atoms with Gasteiger partial charge >= 0.3 is 0 Å². The van der Waals surface area contributed by atoms with Gasteiger partial charge in [-0.2, -0.15) is 0 Å². The van der Waals surface area contributed by atoms with Crippen molar-refractivity contribution in [3.8, 4) is 0 Å². The van der Waals surface area contributed by atoms with Crippen LogP contribution in [-0.4, -0.2) is 0 Å². The number of para-hydroxylation sites is 9. The van der Waals surface area contributed by atoms with Gasteiger partial charge in [0.05, 0.1) is 45.2 Å². The summed E-state index contributed by atoms with van der Waals surface area (Å²) in [6, 6.07) is 102. The predicted octanol–water partition coefficient (Wildman–Crippen LogP) is 18.5. The lowest BCUT2D eigenvalue weighted by Gasteiger charge is -2.58. The summed E-state index contributed by atoms with van der Waals surface area (Å²) >= 11 is 5.65. The van der Waals surface area contributed by atoms with Crippen LogP contribution < -0.4 is 14.7 Å². The molecule has 346 valence electrons. The number of hydrogen-bond acceptors (Lipinski definition) is 4. The number of nitrogens with zero attached hydrogens (tertiary/aromatic N) is 3. The molecule has 11 aromatic carbocycles. The van der Waals surface area contributed by atoms with Gasteiger partial charge < -0.3 is 14.7 Å². The fourth-order valence-corrected chi connectivity index (χ4v) is 18.0. The summed E-state index contributed by atoms with van der Waals surface area (Å²) in [5.41, 5.74) is 18.5. The van der Waals surface area contributed by atoms with Crippen LogP contribution in [0.1, 0.15) is 44.9 Å². The van der Waals surface area contributed by atoms with Crippen molar-refractivity contribution >= 4 is 73.8 Å². The van der Waals surface area contributed by atoms with Crippen molar-refractivity contribution in [1.29, 1.82) is 0 Å². The molecule has 4 aliphatic rings. The van der Waals surface area contributed by atoms with Gasteiger partial charge in [0.1, 0.15) is 0 Å². The first-order valence-electron chi connectivity index (χ1n) is 25.1. The first-order chi connectivity index (χ1) is 36.2. The van der Waals surface area contributed by atoms with Gasteiger partial charge in [-0.05, 0) is 118 Å². The number of thiol groups is 1. The second-order valence-electron chi connectivity index (χ2n) is 19.3. The summed E-state index contributed by atoms with van der Waals surface area (Å²) < 4.78 is 0. The largest absolute Gasteiger partial charge is 0.310 e. The fourth-order valence-electron chi connectivity index (χ4n) is 13.1. The summed E-state index contributed by atoms with van der Waals surface area (Å²) in [5, 5.41) is 0. The average Bonchev–Trinajstić information content (AvgIpc) is 3.46. The molecule has 0 aromatic heterocycles. The maximum absolute atomic E-state index is 5.65. The maximum atomic E-state index is 5.65. The Labute approximate surface area is 433 Å². The molecule has 0 atom stereocenters. The minimum Gasteiger partial charge on any atom is -0.310 e. The molecule has 5 heteroatoms. The molecule has 15 rings (SSSR count). The van der Waals surface area contributed by atoms with E-state index in [1.165, 1.54) is 92.7 Å². The Hall–Kier alpha value is -8.48. The summed E-state index contributed by atoms with van der Waals surface area (Å²) in [5.74, 6) is -0.130. The van der Waals surface area contributed by atoms with Gasteiger partial charge in [-0.25, -0.2) is 0 Å². The Morgan fingerprint density at radius 3 is 1.23 bits per heavy atom. The highest BCUT2D eigenvalue weighted by Crippen LogP contribution is 2.86. The van der Waals surface area contributed by atoms with Crippen LogP contribution in [0, 0.1) is 0 Å². The molecule has 73 heavy (non-hydrogen) atoms. The second kappa shape index (κ2) is 16.3. The third-order valence-electron chi connectivity index (χ3n) is 15.8. The van der Waals surface area contributed by atoms with Crippen LogP contribution in [0.25, 0.3) is 0 Å². The van der Waals surface area contributed by atoms with Gasteiger partial charge in [0.15, 0.2) is 0 Å². The molecule has 0 N–H and O–H groups in total. The average molecular weight is 970 g/mol. The Morgan fingerprint density at radius 1 is 0.301 bits per heavy atom. The van der Waals surface area contributed by atoms with Gasteiger partial charge in [0.2, 0.25) is 0 Å². The zero-order chi connectivity index (χ0) is 48.3. The number of fused-ring (bicyclic) bond motifs is 12. The first kappa shape index (κ1) is 42.2. The standard InChI is InChI=1S/C68H47N3S2/c72-59-41-23-45-63-67(59)71-65-52(64-50-32-13-15-37-55(50)69(48-28-9-3-10-29-48)56-38-16-14-33-51(56)64)34-21-35-53(65)68(46-24-5-1-6-25-46,47-26-7-2-8-27-47)54-36-22-44-62(66(54)71)73(63)60-42-19-17-39-57(60)70(49-30-11-4-12-31-49)58-40-18-20-43-61(58)73/h1-45,64,72H. The van der Waals surface area contributed by atoms with E-state index in [1.807, 2.05) is 0 Å². The smallest absolute Gasteiger partial charge is 0.0742 e. The molecule has 0 unspecified atom stereocenters. The quantitative estimate of drug-likeness (QED) is 0.172. The van der Waals surface area contributed by atoms with Crippen molar-refractivity contribution in [2.24, 2.45) is 0 Å². The van der Waals surface area contributed by atoms with Gasteiger partial charge in [-0.3, -0.25) is 0 Å². The van der Waals surface area contributed by atoms with Crippen LogP contribution in [0.4, 0.5) is 51.2 Å². The molecule has 11 aromatic rings. The summed E-state index contributed by atoms with van der Waals surface area (Å²) in [4.78, 5) is 13.8. The van der Waals surface area contributed by atoms with Crippen LogP contribution in [-0.2, 0) is 5.41 Å². The maximum Gasteiger partial charge on any atom is 0.0742 e. The molecule has 0 bridgehead atoms.